The Labute approximate surface area is 127 Å². The number of aromatic nitrogens is 2. The number of hydrogen-bond acceptors (Lipinski definition) is 4. The van der Waals surface area contributed by atoms with E-state index in [0.29, 0.717) is 24.7 Å². The number of hydrogen-bond donors (Lipinski definition) is 2. The van der Waals surface area contributed by atoms with Crippen LogP contribution in [0.15, 0.2) is 17.6 Å². The van der Waals surface area contributed by atoms with Crippen LogP contribution in [-0.2, 0) is 0 Å². The lowest BCUT2D eigenvalue weighted by Crippen LogP contribution is -2.39. The molecular formula is C15H19N3O2S. The number of piperidine rings is 1. The van der Waals surface area contributed by atoms with Gasteiger partial charge in [-0.3, -0.25) is 4.79 Å². The summed E-state index contributed by atoms with van der Waals surface area (Å²) in [7, 11) is 0. The number of amides is 1. The lowest BCUT2D eigenvalue weighted by atomic mass is 9.98. The molecule has 3 heterocycles. The topological polar surface area (TPSA) is 69.2 Å². The van der Waals surface area contributed by atoms with Crippen LogP contribution in [0, 0.1) is 12.8 Å². The number of nitrogens with one attached hydrogen (secondary N) is 1. The molecule has 2 aromatic heterocycles. The molecule has 1 aliphatic rings. The molecule has 0 bridgehead atoms. The average Bonchev–Trinajstić information content (AvgIpc) is 3.15. The van der Waals surface area contributed by atoms with E-state index >= 15 is 0 Å². The standard InChI is InChI=1S/C15H19N3O2S/c1-10-17-14(9-21-10)12-6-13(16-7-12)15(20)18-4-2-11(8-19)3-5-18/h6-7,9,11,16,19H,2-5,8H2,1H3. The summed E-state index contributed by atoms with van der Waals surface area (Å²) in [5.41, 5.74) is 2.47. The molecule has 0 spiro atoms. The van der Waals surface area contributed by atoms with E-state index in [1.54, 1.807) is 11.3 Å². The van der Waals surface area contributed by atoms with E-state index in [0.717, 1.165) is 29.1 Å². The molecule has 0 aromatic carbocycles. The summed E-state index contributed by atoms with van der Waals surface area (Å²) in [5.74, 6) is 0.371. The molecule has 2 N–H and O–H groups in total. The monoisotopic (exact) mass is 305 g/mol. The van der Waals surface area contributed by atoms with Gasteiger partial charge in [-0.2, -0.15) is 0 Å². The van der Waals surface area contributed by atoms with Crippen molar-refractivity contribution in [3.05, 3.63) is 28.3 Å². The molecule has 5 nitrogen and oxygen atoms in total. The van der Waals surface area contributed by atoms with Gasteiger partial charge in [0.2, 0.25) is 0 Å². The average molecular weight is 305 g/mol. The highest BCUT2D eigenvalue weighted by Crippen LogP contribution is 2.24. The summed E-state index contributed by atoms with van der Waals surface area (Å²) >= 11 is 1.60. The van der Waals surface area contributed by atoms with Crippen molar-refractivity contribution >= 4 is 17.2 Å². The summed E-state index contributed by atoms with van der Waals surface area (Å²) in [6.45, 7) is 3.62. The van der Waals surface area contributed by atoms with Crippen LogP contribution < -0.4 is 0 Å². The van der Waals surface area contributed by atoms with Crippen LogP contribution in [0.4, 0.5) is 0 Å². The molecule has 1 saturated heterocycles. The van der Waals surface area contributed by atoms with Crippen LogP contribution in [0.3, 0.4) is 0 Å². The largest absolute Gasteiger partial charge is 0.396 e. The van der Waals surface area contributed by atoms with Gasteiger partial charge in [0.25, 0.3) is 5.91 Å². The summed E-state index contributed by atoms with van der Waals surface area (Å²) in [5, 5.41) is 12.2. The van der Waals surface area contributed by atoms with Crippen molar-refractivity contribution in [2.75, 3.05) is 19.7 Å². The van der Waals surface area contributed by atoms with Crippen molar-refractivity contribution in [3.8, 4) is 11.3 Å². The fraction of sp³-hybridized carbons (Fsp3) is 0.467. The van der Waals surface area contributed by atoms with Crippen molar-refractivity contribution in [1.29, 1.82) is 0 Å². The van der Waals surface area contributed by atoms with Crippen LogP contribution in [0.2, 0.25) is 0 Å². The molecule has 2 aromatic rings. The summed E-state index contributed by atoms with van der Waals surface area (Å²) in [4.78, 5) is 21.8. The van der Waals surface area contributed by atoms with Gasteiger partial charge in [0.05, 0.1) is 10.7 Å². The van der Waals surface area contributed by atoms with Gasteiger partial charge in [-0.15, -0.1) is 11.3 Å². The highest BCUT2D eigenvalue weighted by Gasteiger charge is 2.24. The van der Waals surface area contributed by atoms with E-state index in [4.69, 9.17) is 5.11 Å². The molecule has 21 heavy (non-hydrogen) atoms. The lowest BCUT2D eigenvalue weighted by Gasteiger charge is -2.30. The van der Waals surface area contributed by atoms with Gasteiger partial charge < -0.3 is 15.0 Å². The first-order valence-corrected chi connectivity index (χ1v) is 8.06. The smallest absolute Gasteiger partial charge is 0.270 e. The maximum absolute atomic E-state index is 12.5. The normalized spacial score (nSPS) is 16.4. The Morgan fingerprint density at radius 1 is 1.52 bits per heavy atom. The first-order valence-electron chi connectivity index (χ1n) is 7.18. The van der Waals surface area contributed by atoms with Crippen LogP contribution in [0.5, 0.6) is 0 Å². The number of aliphatic hydroxyl groups is 1. The fourth-order valence-corrected chi connectivity index (χ4v) is 3.27. The van der Waals surface area contributed by atoms with E-state index in [9.17, 15) is 4.79 Å². The Hall–Kier alpha value is -1.66. The van der Waals surface area contributed by atoms with Crippen LogP contribution >= 0.6 is 11.3 Å². The van der Waals surface area contributed by atoms with Crippen molar-refractivity contribution in [2.24, 2.45) is 5.92 Å². The van der Waals surface area contributed by atoms with Crippen LogP contribution in [-0.4, -0.2) is 45.6 Å². The van der Waals surface area contributed by atoms with Gasteiger partial charge in [0.1, 0.15) is 5.69 Å². The van der Waals surface area contributed by atoms with Crippen LogP contribution in [0.1, 0.15) is 28.3 Å². The first-order chi connectivity index (χ1) is 10.2. The molecule has 1 aliphatic heterocycles. The van der Waals surface area contributed by atoms with Gasteiger partial charge in [0, 0.05) is 36.8 Å². The number of carbonyl (C=O) groups excluding carboxylic acids is 1. The number of aryl methyl sites for hydroxylation is 1. The lowest BCUT2D eigenvalue weighted by molar-refractivity contribution is 0.0646. The summed E-state index contributed by atoms with van der Waals surface area (Å²) in [6, 6.07) is 1.87. The predicted molar refractivity (Wildman–Crippen MR) is 82.4 cm³/mol. The highest BCUT2D eigenvalue weighted by atomic mass is 32.1. The third-order valence-electron chi connectivity index (χ3n) is 3.99. The fourth-order valence-electron chi connectivity index (χ4n) is 2.65. The Balaban J connectivity index is 1.70. The van der Waals surface area contributed by atoms with Gasteiger partial charge >= 0.3 is 0 Å². The predicted octanol–water partition coefficient (Wildman–Crippen LogP) is 2.29. The molecule has 1 amide bonds. The molecular weight excluding hydrogens is 286 g/mol. The number of likely N-dealkylation sites (tertiary alicyclic amines) is 1. The molecule has 0 unspecified atom stereocenters. The Kier molecular flexibility index (Phi) is 4.07. The molecule has 0 atom stereocenters. The van der Waals surface area contributed by atoms with Crippen molar-refractivity contribution in [1.82, 2.24) is 14.9 Å². The van der Waals surface area contributed by atoms with Gasteiger partial charge in [-0.05, 0) is 31.7 Å². The minimum atomic E-state index is 0.0320. The zero-order valence-corrected chi connectivity index (χ0v) is 12.8. The van der Waals surface area contributed by atoms with Gasteiger partial charge in [-0.1, -0.05) is 0 Å². The van der Waals surface area contributed by atoms with E-state index in [2.05, 4.69) is 9.97 Å². The van der Waals surface area contributed by atoms with E-state index in [-0.39, 0.29) is 12.5 Å². The molecule has 0 aliphatic carbocycles. The maximum Gasteiger partial charge on any atom is 0.270 e. The third kappa shape index (κ3) is 3.01. The molecule has 6 heteroatoms. The van der Waals surface area contributed by atoms with Crippen molar-refractivity contribution in [3.63, 3.8) is 0 Å². The Morgan fingerprint density at radius 3 is 2.90 bits per heavy atom. The molecule has 112 valence electrons. The minimum Gasteiger partial charge on any atom is -0.396 e. The second-order valence-electron chi connectivity index (χ2n) is 5.47. The number of thiazole rings is 1. The number of rotatable bonds is 3. The number of aliphatic hydroxyl groups excluding tert-OH is 1. The minimum absolute atomic E-state index is 0.0320. The van der Waals surface area contributed by atoms with E-state index < -0.39 is 0 Å². The zero-order chi connectivity index (χ0) is 14.8. The van der Waals surface area contributed by atoms with E-state index in [1.807, 2.05) is 29.5 Å². The van der Waals surface area contributed by atoms with Crippen molar-refractivity contribution in [2.45, 2.75) is 19.8 Å². The van der Waals surface area contributed by atoms with Crippen molar-refractivity contribution < 1.29 is 9.90 Å². The number of H-pyrrole nitrogens is 1. The third-order valence-corrected chi connectivity index (χ3v) is 4.76. The molecule has 0 saturated carbocycles. The number of aromatic amines is 1. The van der Waals surface area contributed by atoms with E-state index in [1.165, 1.54) is 0 Å². The van der Waals surface area contributed by atoms with Crippen LogP contribution in [0.25, 0.3) is 11.3 Å². The molecule has 0 radical (unpaired) electrons. The Bertz CT molecular complexity index is 626. The number of nitrogens with zero attached hydrogens (tertiary/aromatic N) is 2. The highest BCUT2D eigenvalue weighted by molar-refractivity contribution is 7.09. The Morgan fingerprint density at radius 2 is 2.29 bits per heavy atom. The summed E-state index contributed by atoms with van der Waals surface area (Å²) < 4.78 is 0. The first kappa shape index (κ1) is 14.3. The molecule has 1 fully saturated rings. The van der Waals surface area contributed by atoms with Gasteiger partial charge in [0.15, 0.2) is 0 Å². The quantitative estimate of drug-likeness (QED) is 0.914. The SMILES string of the molecule is Cc1nc(-c2c[nH]c(C(=O)N3CCC(CO)CC3)c2)cs1. The summed E-state index contributed by atoms with van der Waals surface area (Å²) in [6.07, 6.45) is 3.59. The number of carbonyl (C=O) groups is 1. The maximum atomic E-state index is 12.5. The molecule has 3 rings (SSSR count). The van der Waals surface area contributed by atoms with Gasteiger partial charge in [-0.25, -0.2) is 4.98 Å². The second kappa shape index (κ2) is 5.99. The second-order valence-corrected chi connectivity index (χ2v) is 6.53. The zero-order valence-electron chi connectivity index (χ0n) is 12.0.